The molecule has 0 aliphatic heterocycles. The van der Waals surface area contributed by atoms with Gasteiger partial charge in [-0.2, -0.15) is 0 Å². The Bertz CT molecular complexity index is 475. The fraction of sp³-hybridized carbons (Fsp3) is 0.444. The van der Waals surface area contributed by atoms with E-state index in [1.54, 1.807) is 0 Å². The second-order valence-electron chi connectivity index (χ2n) is 5.70. The summed E-state index contributed by atoms with van der Waals surface area (Å²) in [6, 6.07) is 16.2. The predicted molar refractivity (Wildman–Crippen MR) is 89.3 cm³/mol. The monoisotopic (exact) mass is 287 g/mol. The lowest BCUT2D eigenvalue weighted by Crippen LogP contribution is -2.36. The van der Waals surface area contributed by atoms with Crippen LogP contribution in [0.3, 0.4) is 0 Å². The highest BCUT2D eigenvalue weighted by atomic mass is 32.1. The largest absolute Gasteiger partial charge is 0.306 e. The molecule has 2 atom stereocenters. The molecule has 0 amide bonds. The van der Waals surface area contributed by atoms with Gasteiger partial charge in [-0.05, 0) is 35.8 Å². The quantitative estimate of drug-likeness (QED) is 0.751. The summed E-state index contributed by atoms with van der Waals surface area (Å²) in [5.41, 5.74) is 1.42. The maximum atomic E-state index is 3.86. The van der Waals surface area contributed by atoms with Crippen LogP contribution in [-0.2, 0) is 6.42 Å². The zero-order valence-corrected chi connectivity index (χ0v) is 13.5. The van der Waals surface area contributed by atoms with Crippen molar-refractivity contribution in [3.05, 3.63) is 58.3 Å². The first-order chi connectivity index (χ1) is 9.70. The molecule has 0 radical (unpaired) electrons. The van der Waals surface area contributed by atoms with E-state index >= 15 is 0 Å². The average Bonchev–Trinajstić information content (AvgIpc) is 2.98. The van der Waals surface area contributed by atoms with Crippen LogP contribution in [0.2, 0.25) is 0 Å². The van der Waals surface area contributed by atoms with Crippen molar-refractivity contribution in [2.75, 3.05) is 0 Å². The molecule has 108 valence electrons. The molecule has 0 fully saturated rings. The van der Waals surface area contributed by atoms with Gasteiger partial charge in [0.2, 0.25) is 0 Å². The third-order valence-corrected chi connectivity index (χ3v) is 4.70. The van der Waals surface area contributed by atoms with Crippen molar-refractivity contribution in [3.8, 4) is 0 Å². The maximum absolute atomic E-state index is 3.86. The van der Waals surface area contributed by atoms with Gasteiger partial charge >= 0.3 is 0 Å². The van der Waals surface area contributed by atoms with E-state index in [0.29, 0.717) is 18.0 Å². The third kappa shape index (κ3) is 4.19. The van der Waals surface area contributed by atoms with Gasteiger partial charge in [-0.1, -0.05) is 57.2 Å². The van der Waals surface area contributed by atoms with Gasteiger partial charge in [0.1, 0.15) is 0 Å². The van der Waals surface area contributed by atoms with Crippen LogP contribution in [0.15, 0.2) is 47.8 Å². The van der Waals surface area contributed by atoms with Crippen molar-refractivity contribution >= 4 is 11.3 Å². The number of benzene rings is 1. The van der Waals surface area contributed by atoms with Crippen molar-refractivity contribution in [1.29, 1.82) is 0 Å². The maximum Gasteiger partial charge on any atom is 0.0440 e. The van der Waals surface area contributed by atoms with Gasteiger partial charge in [-0.25, -0.2) is 0 Å². The number of hydrogen-bond acceptors (Lipinski definition) is 2. The van der Waals surface area contributed by atoms with E-state index in [4.69, 9.17) is 0 Å². The highest BCUT2D eigenvalue weighted by Crippen LogP contribution is 2.27. The molecule has 1 N–H and O–H groups in total. The molecular weight excluding hydrogens is 262 g/mol. The van der Waals surface area contributed by atoms with E-state index in [9.17, 15) is 0 Å². The standard InChI is InChI=1S/C18H25NS/c1-4-16(13-15-9-6-5-7-10-15)19-18(14(2)3)17-11-8-12-20-17/h5-12,14,16,18-19H,4,13H2,1-3H3. The first kappa shape index (κ1) is 15.3. The van der Waals surface area contributed by atoms with Crippen LogP contribution >= 0.6 is 11.3 Å². The van der Waals surface area contributed by atoms with Gasteiger partial charge in [0, 0.05) is 17.0 Å². The Morgan fingerprint density at radius 1 is 1.05 bits per heavy atom. The van der Waals surface area contributed by atoms with Crippen molar-refractivity contribution in [1.82, 2.24) is 5.32 Å². The van der Waals surface area contributed by atoms with Crippen LogP contribution in [0.5, 0.6) is 0 Å². The fourth-order valence-electron chi connectivity index (χ4n) is 2.55. The second-order valence-corrected chi connectivity index (χ2v) is 6.68. The van der Waals surface area contributed by atoms with Crippen LogP contribution in [0.25, 0.3) is 0 Å². The molecule has 1 aromatic carbocycles. The number of nitrogens with one attached hydrogen (secondary N) is 1. The lowest BCUT2D eigenvalue weighted by Gasteiger charge is -2.27. The molecule has 2 rings (SSSR count). The molecule has 2 unspecified atom stereocenters. The van der Waals surface area contributed by atoms with E-state index in [-0.39, 0.29) is 0 Å². The summed E-state index contributed by atoms with van der Waals surface area (Å²) in [7, 11) is 0. The first-order valence-electron chi connectivity index (χ1n) is 7.54. The number of hydrogen-bond donors (Lipinski definition) is 1. The van der Waals surface area contributed by atoms with Crippen molar-refractivity contribution in [2.24, 2.45) is 5.92 Å². The smallest absolute Gasteiger partial charge is 0.0440 e. The Balaban J connectivity index is 2.04. The molecule has 2 aromatic rings. The lowest BCUT2D eigenvalue weighted by atomic mass is 9.98. The van der Waals surface area contributed by atoms with Gasteiger partial charge in [0.05, 0.1) is 0 Å². The normalized spacial score (nSPS) is 14.4. The van der Waals surface area contributed by atoms with Crippen molar-refractivity contribution in [3.63, 3.8) is 0 Å². The highest BCUT2D eigenvalue weighted by Gasteiger charge is 2.20. The summed E-state index contributed by atoms with van der Waals surface area (Å²) in [5.74, 6) is 0.610. The Morgan fingerprint density at radius 3 is 2.35 bits per heavy atom. The van der Waals surface area contributed by atoms with Gasteiger partial charge in [0.15, 0.2) is 0 Å². The third-order valence-electron chi connectivity index (χ3n) is 3.75. The molecule has 0 spiro atoms. The lowest BCUT2D eigenvalue weighted by molar-refractivity contribution is 0.354. The fourth-order valence-corrected chi connectivity index (χ4v) is 3.50. The minimum Gasteiger partial charge on any atom is -0.306 e. The summed E-state index contributed by atoms with van der Waals surface area (Å²) < 4.78 is 0. The Kier molecular flexibility index (Phi) is 5.81. The highest BCUT2D eigenvalue weighted by molar-refractivity contribution is 7.10. The predicted octanol–water partition coefficient (Wildman–Crippen LogP) is 5.06. The van der Waals surface area contributed by atoms with Crippen molar-refractivity contribution in [2.45, 2.75) is 45.7 Å². The summed E-state index contributed by atoms with van der Waals surface area (Å²) in [5, 5.41) is 6.04. The minimum absolute atomic E-state index is 0.462. The van der Waals surface area contributed by atoms with E-state index in [0.717, 1.165) is 12.8 Å². The summed E-state index contributed by atoms with van der Waals surface area (Å²) >= 11 is 1.86. The van der Waals surface area contributed by atoms with E-state index in [2.05, 4.69) is 73.9 Å². The van der Waals surface area contributed by atoms with Crippen LogP contribution in [-0.4, -0.2) is 6.04 Å². The molecule has 1 heterocycles. The zero-order valence-electron chi connectivity index (χ0n) is 12.7. The molecule has 0 saturated heterocycles. The van der Waals surface area contributed by atoms with Gasteiger partial charge in [-0.15, -0.1) is 11.3 Å². The summed E-state index contributed by atoms with van der Waals surface area (Å²) in [4.78, 5) is 1.45. The molecule has 0 aliphatic carbocycles. The zero-order chi connectivity index (χ0) is 14.4. The van der Waals surface area contributed by atoms with Gasteiger partial charge in [-0.3, -0.25) is 0 Å². The molecular formula is C18H25NS. The molecule has 0 aliphatic rings. The number of thiophene rings is 1. The molecule has 1 nitrogen and oxygen atoms in total. The van der Waals surface area contributed by atoms with Crippen LogP contribution < -0.4 is 5.32 Å². The molecule has 1 aromatic heterocycles. The Hall–Kier alpha value is -1.12. The molecule has 20 heavy (non-hydrogen) atoms. The van der Waals surface area contributed by atoms with Gasteiger partial charge < -0.3 is 5.32 Å². The van der Waals surface area contributed by atoms with Crippen LogP contribution in [0, 0.1) is 5.92 Å². The van der Waals surface area contributed by atoms with E-state index < -0.39 is 0 Å². The SMILES string of the molecule is CCC(Cc1ccccc1)NC(c1cccs1)C(C)C. The minimum atomic E-state index is 0.462. The molecule has 2 heteroatoms. The van der Waals surface area contributed by atoms with Gasteiger partial charge in [0.25, 0.3) is 0 Å². The van der Waals surface area contributed by atoms with Crippen LogP contribution in [0.4, 0.5) is 0 Å². The van der Waals surface area contributed by atoms with Crippen molar-refractivity contribution < 1.29 is 0 Å². The summed E-state index contributed by atoms with van der Waals surface area (Å²) in [6.45, 7) is 6.87. The average molecular weight is 287 g/mol. The molecule has 0 bridgehead atoms. The first-order valence-corrected chi connectivity index (χ1v) is 8.42. The topological polar surface area (TPSA) is 12.0 Å². The number of rotatable bonds is 7. The second kappa shape index (κ2) is 7.61. The van der Waals surface area contributed by atoms with Crippen LogP contribution in [0.1, 0.15) is 43.7 Å². The van der Waals surface area contributed by atoms with E-state index in [1.165, 1.54) is 10.4 Å². The van der Waals surface area contributed by atoms with E-state index in [1.807, 2.05) is 11.3 Å². The Morgan fingerprint density at radius 2 is 1.80 bits per heavy atom. The summed E-state index contributed by atoms with van der Waals surface area (Å²) in [6.07, 6.45) is 2.26. The molecule has 0 saturated carbocycles. The Labute approximate surface area is 127 Å².